The van der Waals surface area contributed by atoms with Gasteiger partial charge in [0, 0.05) is 9.52 Å². The molecule has 48 heavy (non-hydrogen) atoms. The third-order valence-electron chi connectivity index (χ3n) is 8.58. The van der Waals surface area contributed by atoms with Crippen LogP contribution in [0.2, 0.25) is 13.1 Å². The SMILES string of the molecule is CC(C)c1cc2c(-c3ccccc3)cccc2[cH-]1.C[Si]C.Cc1cc(C)cc(-c2cc(-c3cc(C)cc(C)c3)c3cc(C)[cH-]c3c2)c1.[Zr+2]. The summed E-state index contributed by atoms with van der Waals surface area (Å²) in [6.45, 7) is 19.7. The van der Waals surface area contributed by atoms with Crippen LogP contribution in [0.25, 0.3) is 54.9 Å². The van der Waals surface area contributed by atoms with Crippen molar-refractivity contribution in [2.75, 3.05) is 0 Å². The van der Waals surface area contributed by atoms with Gasteiger partial charge in [-0.2, -0.15) is 12.1 Å². The third-order valence-corrected chi connectivity index (χ3v) is 8.58. The largest absolute Gasteiger partial charge is 2.00 e. The van der Waals surface area contributed by atoms with Crippen molar-refractivity contribution >= 4 is 31.1 Å². The van der Waals surface area contributed by atoms with Gasteiger partial charge in [0.25, 0.3) is 0 Å². The van der Waals surface area contributed by atoms with Gasteiger partial charge in [-0.25, -0.2) is 0 Å². The standard InChI is InChI=1S/C26H25.C18H17.C2H6Si.Zr/c1-16-6-17(2)9-21(8-16)22-14-24-12-20(5)13-25(24)26(15-22)23-10-18(3)7-19(4)11-23;1-13(2)16-11-15-9-6-10-17(18(15)12-16)14-7-4-3-5-8-14;1-3-2;/h6-15H,1-5H3;3-13H,1-2H3;1-2H3;/q2*-1;;+2. The maximum Gasteiger partial charge on any atom is 2.00 e. The molecule has 7 aromatic rings. The van der Waals surface area contributed by atoms with Crippen molar-refractivity contribution < 1.29 is 26.2 Å². The summed E-state index contributed by atoms with van der Waals surface area (Å²) in [6, 6.07) is 44.8. The zero-order valence-corrected chi connectivity index (χ0v) is 33.6. The summed E-state index contributed by atoms with van der Waals surface area (Å²) in [5.74, 6) is 0.584. The number of hydrogen-bond donors (Lipinski definition) is 0. The molecule has 0 aliphatic rings. The molecule has 0 spiro atoms. The normalized spacial score (nSPS) is 10.7. The van der Waals surface area contributed by atoms with Crippen LogP contribution in [0.4, 0.5) is 0 Å². The molecule has 0 saturated carbocycles. The van der Waals surface area contributed by atoms with E-state index < -0.39 is 0 Å². The third kappa shape index (κ3) is 8.90. The molecule has 240 valence electrons. The molecule has 0 fully saturated rings. The van der Waals surface area contributed by atoms with E-state index in [0.29, 0.717) is 5.92 Å². The Labute approximate surface area is 310 Å². The van der Waals surface area contributed by atoms with Gasteiger partial charge in [-0.15, -0.1) is 63.0 Å². The van der Waals surface area contributed by atoms with Gasteiger partial charge in [0.1, 0.15) is 0 Å². The maximum atomic E-state index is 2.37. The van der Waals surface area contributed by atoms with E-state index in [1.807, 2.05) is 0 Å². The van der Waals surface area contributed by atoms with Crippen LogP contribution in [0.5, 0.6) is 0 Å². The molecule has 0 bridgehead atoms. The van der Waals surface area contributed by atoms with E-state index >= 15 is 0 Å². The van der Waals surface area contributed by atoms with Crippen molar-refractivity contribution in [2.45, 2.75) is 67.5 Å². The second kappa shape index (κ2) is 16.7. The van der Waals surface area contributed by atoms with Crippen molar-refractivity contribution in [1.29, 1.82) is 0 Å². The van der Waals surface area contributed by atoms with Gasteiger partial charge in [0.2, 0.25) is 0 Å². The Balaban J connectivity index is 0.000000207. The van der Waals surface area contributed by atoms with Crippen LogP contribution in [-0.2, 0) is 26.2 Å². The van der Waals surface area contributed by atoms with E-state index in [2.05, 4.69) is 183 Å². The van der Waals surface area contributed by atoms with E-state index in [0.717, 1.165) is 9.52 Å². The molecule has 0 unspecified atom stereocenters. The van der Waals surface area contributed by atoms with Gasteiger partial charge in [-0.1, -0.05) is 152 Å². The topological polar surface area (TPSA) is 0 Å². The molecule has 0 N–H and O–H groups in total. The number of fused-ring (bicyclic) bond motifs is 2. The van der Waals surface area contributed by atoms with E-state index in [1.165, 1.54) is 88.3 Å². The zero-order chi connectivity index (χ0) is 33.7. The van der Waals surface area contributed by atoms with Crippen molar-refractivity contribution in [2.24, 2.45) is 0 Å². The molecule has 2 radical (unpaired) electrons. The first kappa shape index (κ1) is 37.2. The summed E-state index contributed by atoms with van der Waals surface area (Å²) in [5, 5.41) is 5.39. The Bertz CT molecular complexity index is 2070. The Morgan fingerprint density at radius 2 is 1.02 bits per heavy atom. The molecule has 0 aliphatic carbocycles. The minimum atomic E-state index is 0. The van der Waals surface area contributed by atoms with Gasteiger partial charge < -0.3 is 0 Å². The summed E-state index contributed by atoms with van der Waals surface area (Å²) in [7, 11) is 1.08. The van der Waals surface area contributed by atoms with E-state index in [4.69, 9.17) is 0 Å². The molecule has 2 heteroatoms. The van der Waals surface area contributed by atoms with Crippen molar-refractivity contribution in [3.63, 3.8) is 0 Å². The zero-order valence-electron chi connectivity index (χ0n) is 30.1. The van der Waals surface area contributed by atoms with Crippen LogP contribution in [0, 0.1) is 34.6 Å². The molecular weight excluding hydrogens is 672 g/mol. The van der Waals surface area contributed by atoms with Crippen molar-refractivity contribution in [3.05, 3.63) is 155 Å². The molecule has 0 atom stereocenters. The molecule has 7 rings (SSSR count). The quantitative estimate of drug-likeness (QED) is 0.125. The minimum Gasteiger partial charge on any atom is -0.165 e. The average Bonchev–Trinajstić information content (AvgIpc) is 3.64. The number of rotatable bonds is 4. The molecule has 0 aliphatic heterocycles. The van der Waals surface area contributed by atoms with E-state index in [9.17, 15) is 0 Å². The Morgan fingerprint density at radius 3 is 1.60 bits per heavy atom. The molecular formula is C46H48SiZr. The molecule has 0 amide bonds. The number of hydrogen-bond acceptors (Lipinski definition) is 0. The summed E-state index contributed by atoms with van der Waals surface area (Å²) in [5.41, 5.74) is 15.9. The fourth-order valence-corrected chi connectivity index (χ4v) is 6.61. The van der Waals surface area contributed by atoms with Crippen LogP contribution < -0.4 is 0 Å². The van der Waals surface area contributed by atoms with Gasteiger partial charge in [-0.05, 0) is 50.3 Å². The maximum absolute atomic E-state index is 2.37. The van der Waals surface area contributed by atoms with Crippen LogP contribution in [-0.4, -0.2) is 9.52 Å². The monoisotopic (exact) mass is 718 g/mol. The van der Waals surface area contributed by atoms with Crippen LogP contribution >= 0.6 is 0 Å². The van der Waals surface area contributed by atoms with Crippen LogP contribution in [0.3, 0.4) is 0 Å². The van der Waals surface area contributed by atoms with Gasteiger partial charge in [0.15, 0.2) is 0 Å². The predicted octanol–water partition coefficient (Wildman–Crippen LogP) is 13.6. The number of aryl methyl sites for hydroxylation is 5. The summed E-state index contributed by atoms with van der Waals surface area (Å²) in [4.78, 5) is 0. The first-order chi connectivity index (χ1) is 22.6. The average molecular weight is 720 g/mol. The molecule has 0 heterocycles. The summed E-state index contributed by atoms with van der Waals surface area (Å²) < 4.78 is 0. The second-order valence-electron chi connectivity index (χ2n) is 13.4. The van der Waals surface area contributed by atoms with Gasteiger partial charge in [0.05, 0.1) is 0 Å². The first-order valence-electron chi connectivity index (χ1n) is 16.8. The van der Waals surface area contributed by atoms with Crippen molar-refractivity contribution in [3.8, 4) is 33.4 Å². The minimum absolute atomic E-state index is 0. The summed E-state index contributed by atoms with van der Waals surface area (Å²) >= 11 is 0. The molecule has 0 aromatic heterocycles. The smallest absolute Gasteiger partial charge is 0.165 e. The van der Waals surface area contributed by atoms with Gasteiger partial charge >= 0.3 is 26.2 Å². The first-order valence-corrected chi connectivity index (χ1v) is 18.8. The van der Waals surface area contributed by atoms with E-state index in [1.54, 1.807) is 0 Å². The molecule has 0 saturated heterocycles. The fourth-order valence-electron chi connectivity index (χ4n) is 6.61. The van der Waals surface area contributed by atoms with Crippen LogP contribution in [0.1, 0.15) is 53.1 Å². The fraction of sp³-hybridized carbons (Fsp3) is 0.217. The van der Waals surface area contributed by atoms with Crippen molar-refractivity contribution in [1.82, 2.24) is 0 Å². The Hall–Kier alpha value is -3.58. The van der Waals surface area contributed by atoms with E-state index in [-0.39, 0.29) is 26.2 Å². The molecule has 0 nitrogen and oxygen atoms in total. The second-order valence-corrected chi connectivity index (χ2v) is 14.4. The van der Waals surface area contributed by atoms with Gasteiger partial charge in [-0.3, -0.25) is 0 Å². The Morgan fingerprint density at radius 1 is 0.479 bits per heavy atom. The molecule has 7 aromatic carbocycles. The predicted molar refractivity (Wildman–Crippen MR) is 211 cm³/mol. The Kier molecular flexibility index (Phi) is 12.9. The van der Waals surface area contributed by atoms with Crippen LogP contribution in [0.15, 0.2) is 121 Å². The summed E-state index contributed by atoms with van der Waals surface area (Å²) in [6.07, 6.45) is 0. The number of benzene rings is 5.